The normalized spacial score (nSPS) is 18.3. The Balaban J connectivity index is 2.44. The number of halogens is 1. The highest BCUT2D eigenvalue weighted by Crippen LogP contribution is 2.45. The fourth-order valence-corrected chi connectivity index (χ4v) is 3.20. The first-order valence-electron chi connectivity index (χ1n) is 6.20. The molecule has 0 bridgehead atoms. The highest BCUT2D eigenvalue weighted by molar-refractivity contribution is 6.30. The van der Waals surface area contributed by atoms with Gasteiger partial charge in [0.2, 0.25) is 0 Å². The van der Waals surface area contributed by atoms with Crippen LogP contribution in [0.2, 0.25) is 5.02 Å². The summed E-state index contributed by atoms with van der Waals surface area (Å²) >= 11 is 6.14. The van der Waals surface area contributed by atoms with E-state index in [0.29, 0.717) is 0 Å². The Bertz CT molecular complexity index is 386. The molecule has 0 aliphatic heterocycles. The minimum absolute atomic E-state index is 0.199. The maximum Gasteiger partial charge on any atom is 0.122 e. The van der Waals surface area contributed by atoms with Gasteiger partial charge in [-0.05, 0) is 38.1 Å². The molecule has 0 heterocycles. The van der Waals surface area contributed by atoms with Gasteiger partial charge in [0.1, 0.15) is 5.75 Å². The van der Waals surface area contributed by atoms with Gasteiger partial charge in [0, 0.05) is 22.5 Å². The van der Waals surface area contributed by atoms with Crippen molar-refractivity contribution in [1.29, 1.82) is 0 Å². The van der Waals surface area contributed by atoms with Gasteiger partial charge in [-0.15, -0.1) is 0 Å². The first-order valence-corrected chi connectivity index (χ1v) is 6.58. The molecule has 94 valence electrons. The molecule has 0 atom stereocenters. The second-order valence-electron chi connectivity index (χ2n) is 4.86. The van der Waals surface area contributed by atoms with Crippen LogP contribution in [0.25, 0.3) is 0 Å². The summed E-state index contributed by atoms with van der Waals surface area (Å²) in [6.45, 7) is 0.990. The topological polar surface area (TPSA) is 21.3 Å². The molecule has 3 heteroatoms. The zero-order valence-corrected chi connectivity index (χ0v) is 11.3. The van der Waals surface area contributed by atoms with E-state index in [4.69, 9.17) is 16.3 Å². The van der Waals surface area contributed by atoms with Crippen LogP contribution in [-0.4, -0.2) is 20.7 Å². The third-order valence-corrected chi connectivity index (χ3v) is 4.04. The summed E-state index contributed by atoms with van der Waals surface area (Å²) in [6.07, 6.45) is 5.00. The molecule has 0 saturated heterocycles. The maximum absolute atomic E-state index is 6.14. The van der Waals surface area contributed by atoms with E-state index in [0.717, 1.165) is 17.3 Å². The van der Waals surface area contributed by atoms with Crippen molar-refractivity contribution in [3.63, 3.8) is 0 Å². The van der Waals surface area contributed by atoms with Crippen molar-refractivity contribution in [2.24, 2.45) is 0 Å². The zero-order valence-electron chi connectivity index (χ0n) is 10.6. The lowest BCUT2D eigenvalue weighted by Gasteiger charge is -2.31. The van der Waals surface area contributed by atoms with Crippen LogP contribution in [0.3, 0.4) is 0 Å². The minimum atomic E-state index is 0.199. The average Bonchev–Trinajstić information content (AvgIpc) is 2.79. The van der Waals surface area contributed by atoms with E-state index in [9.17, 15) is 0 Å². The van der Waals surface area contributed by atoms with E-state index in [1.807, 2.05) is 19.2 Å². The van der Waals surface area contributed by atoms with E-state index >= 15 is 0 Å². The van der Waals surface area contributed by atoms with Gasteiger partial charge in [-0.3, -0.25) is 0 Å². The van der Waals surface area contributed by atoms with Gasteiger partial charge in [0.15, 0.2) is 0 Å². The molecule has 1 aliphatic carbocycles. The van der Waals surface area contributed by atoms with Crippen molar-refractivity contribution in [2.45, 2.75) is 31.1 Å². The standard InChI is InChI=1S/C14H20ClNO/c1-16-10-14(7-3-4-8-14)12-9-11(15)5-6-13(12)17-2/h5-6,9,16H,3-4,7-8,10H2,1-2H3. The van der Waals surface area contributed by atoms with Crippen LogP contribution in [0.4, 0.5) is 0 Å². The number of rotatable bonds is 4. The Kier molecular flexibility index (Phi) is 3.95. The first kappa shape index (κ1) is 12.7. The van der Waals surface area contributed by atoms with Crippen molar-refractivity contribution in [3.8, 4) is 5.75 Å². The molecule has 0 spiro atoms. The fraction of sp³-hybridized carbons (Fsp3) is 0.571. The summed E-state index contributed by atoms with van der Waals surface area (Å²) in [5, 5.41) is 4.12. The highest BCUT2D eigenvalue weighted by Gasteiger charge is 2.37. The number of hydrogen-bond donors (Lipinski definition) is 1. The Morgan fingerprint density at radius 1 is 1.35 bits per heavy atom. The molecule has 2 rings (SSSR count). The number of likely N-dealkylation sites (N-methyl/N-ethyl adjacent to an activating group) is 1. The summed E-state index contributed by atoms with van der Waals surface area (Å²) in [4.78, 5) is 0. The number of nitrogens with one attached hydrogen (secondary N) is 1. The van der Waals surface area contributed by atoms with Crippen molar-refractivity contribution >= 4 is 11.6 Å². The van der Waals surface area contributed by atoms with Crippen LogP contribution < -0.4 is 10.1 Å². The minimum Gasteiger partial charge on any atom is -0.496 e. The van der Waals surface area contributed by atoms with E-state index in [-0.39, 0.29) is 5.41 Å². The quantitative estimate of drug-likeness (QED) is 0.888. The smallest absolute Gasteiger partial charge is 0.122 e. The Morgan fingerprint density at radius 3 is 2.65 bits per heavy atom. The third-order valence-electron chi connectivity index (χ3n) is 3.81. The van der Waals surface area contributed by atoms with Crippen molar-refractivity contribution in [1.82, 2.24) is 5.32 Å². The average molecular weight is 254 g/mol. The van der Waals surface area contributed by atoms with Crippen LogP contribution in [-0.2, 0) is 5.41 Å². The van der Waals surface area contributed by atoms with Crippen LogP contribution in [0.5, 0.6) is 5.75 Å². The monoisotopic (exact) mass is 253 g/mol. The van der Waals surface area contributed by atoms with E-state index in [1.165, 1.54) is 31.2 Å². The predicted molar refractivity (Wildman–Crippen MR) is 72.1 cm³/mol. The number of hydrogen-bond acceptors (Lipinski definition) is 2. The summed E-state index contributed by atoms with van der Waals surface area (Å²) in [5.74, 6) is 0.964. The molecule has 0 radical (unpaired) electrons. The fourth-order valence-electron chi connectivity index (χ4n) is 3.03. The summed E-state index contributed by atoms with van der Waals surface area (Å²) in [6, 6.07) is 5.95. The van der Waals surface area contributed by atoms with Gasteiger partial charge in [-0.2, -0.15) is 0 Å². The molecule has 1 saturated carbocycles. The lowest BCUT2D eigenvalue weighted by Crippen LogP contribution is -2.34. The first-order chi connectivity index (χ1) is 8.22. The molecule has 1 aromatic rings. The van der Waals surface area contributed by atoms with E-state index in [1.54, 1.807) is 7.11 Å². The molecular weight excluding hydrogens is 234 g/mol. The van der Waals surface area contributed by atoms with Crippen LogP contribution in [0.15, 0.2) is 18.2 Å². The zero-order chi connectivity index (χ0) is 12.3. The Labute approximate surface area is 108 Å². The van der Waals surface area contributed by atoms with Crippen molar-refractivity contribution in [2.75, 3.05) is 20.7 Å². The number of ether oxygens (including phenoxy) is 1. The van der Waals surface area contributed by atoms with E-state index < -0.39 is 0 Å². The molecule has 2 nitrogen and oxygen atoms in total. The van der Waals surface area contributed by atoms with Crippen LogP contribution in [0, 0.1) is 0 Å². The molecule has 1 fully saturated rings. The van der Waals surface area contributed by atoms with Gasteiger partial charge in [-0.1, -0.05) is 24.4 Å². The maximum atomic E-state index is 6.14. The Morgan fingerprint density at radius 2 is 2.06 bits per heavy atom. The molecule has 1 aromatic carbocycles. The second kappa shape index (κ2) is 5.28. The van der Waals surface area contributed by atoms with Crippen LogP contribution in [0.1, 0.15) is 31.2 Å². The highest BCUT2D eigenvalue weighted by atomic mass is 35.5. The molecule has 1 N–H and O–H groups in total. The molecule has 0 aromatic heterocycles. The second-order valence-corrected chi connectivity index (χ2v) is 5.30. The largest absolute Gasteiger partial charge is 0.496 e. The number of benzene rings is 1. The molecule has 0 amide bonds. The van der Waals surface area contributed by atoms with Gasteiger partial charge < -0.3 is 10.1 Å². The van der Waals surface area contributed by atoms with Gasteiger partial charge >= 0.3 is 0 Å². The lowest BCUT2D eigenvalue weighted by molar-refractivity contribution is 0.367. The summed E-state index contributed by atoms with van der Waals surface area (Å²) in [7, 11) is 3.74. The lowest BCUT2D eigenvalue weighted by atomic mass is 9.78. The van der Waals surface area contributed by atoms with Crippen molar-refractivity contribution in [3.05, 3.63) is 28.8 Å². The summed E-state index contributed by atoms with van der Waals surface area (Å²) in [5.41, 5.74) is 1.46. The molecule has 1 aliphatic rings. The molecule has 17 heavy (non-hydrogen) atoms. The Hall–Kier alpha value is -0.730. The van der Waals surface area contributed by atoms with Crippen molar-refractivity contribution < 1.29 is 4.74 Å². The SMILES string of the molecule is CNCC1(c2cc(Cl)ccc2OC)CCCC1. The van der Waals surface area contributed by atoms with Gasteiger partial charge in [-0.25, -0.2) is 0 Å². The van der Waals surface area contributed by atoms with Crippen LogP contribution >= 0.6 is 11.6 Å². The summed E-state index contributed by atoms with van der Waals surface area (Å²) < 4.78 is 5.50. The third kappa shape index (κ3) is 2.43. The van der Waals surface area contributed by atoms with Gasteiger partial charge in [0.05, 0.1) is 7.11 Å². The number of methoxy groups -OCH3 is 1. The predicted octanol–water partition coefficient (Wildman–Crippen LogP) is 3.38. The molecular formula is C14H20ClNO. The van der Waals surface area contributed by atoms with Gasteiger partial charge in [0.25, 0.3) is 0 Å². The molecule has 0 unspecified atom stereocenters. The van der Waals surface area contributed by atoms with E-state index in [2.05, 4.69) is 11.4 Å².